The van der Waals surface area contributed by atoms with E-state index in [0.717, 1.165) is 25.8 Å². The minimum absolute atomic E-state index is 0.00179. The van der Waals surface area contributed by atoms with Gasteiger partial charge in [0.25, 0.3) is 0 Å². The summed E-state index contributed by atoms with van der Waals surface area (Å²) in [6, 6.07) is 1.87. The van der Waals surface area contributed by atoms with E-state index in [1.165, 1.54) is 6.20 Å². The Morgan fingerprint density at radius 1 is 1.61 bits per heavy atom. The molecular formula is C12H18N4O2. The maximum atomic E-state index is 11.0. The van der Waals surface area contributed by atoms with Crippen molar-refractivity contribution in [2.24, 2.45) is 5.73 Å². The monoisotopic (exact) mass is 250 g/mol. The molecule has 0 radical (unpaired) electrons. The van der Waals surface area contributed by atoms with Crippen molar-refractivity contribution in [3.63, 3.8) is 0 Å². The molecule has 0 aliphatic carbocycles. The number of aromatic nitrogens is 1. The molecule has 0 saturated carbocycles. The lowest BCUT2D eigenvalue weighted by molar-refractivity contribution is -0.384. The first-order chi connectivity index (χ1) is 8.61. The second kappa shape index (κ2) is 5.30. The number of hydrogen-bond donors (Lipinski definition) is 1. The lowest BCUT2D eigenvalue weighted by atomic mass is 9.96. The first-order valence-corrected chi connectivity index (χ1v) is 6.22. The van der Waals surface area contributed by atoms with Crippen LogP contribution in [0.4, 0.5) is 11.4 Å². The van der Waals surface area contributed by atoms with Gasteiger partial charge in [0.2, 0.25) is 0 Å². The Morgan fingerprint density at radius 2 is 2.39 bits per heavy atom. The van der Waals surface area contributed by atoms with Crippen LogP contribution in [0.1, 0.15) is 26.2 Å². The minimum Gasteiger partial charge on any atom is -0.361 e. The molecule has 2 rings (SSSR count). The van der Waals surface area contributed by atoms with Gasteiger partial charge in [0, 0.05) is 24.8 Å². The number of pyridine rings is 1. The molecule has 6 heteroatoms. The van der Waals surface area contributed by atoms with Crippen LogP contribution in [0.25, 0.3) is 0 Å². The highest BCUT2D eigenvalue weighted by Gasteiger charge is 2.29. The van der Waals surface area contributed by atoms with Crippen molar-refractivity contribution in [2.45, 2.75) is 38.3 Å². The largest absolute Gasteiger partial charge is 0.361 e. The van der Waals surface area contributed by atoms with E-state index >= 15 is 0 Å². The van der Waals surface area contributed by atoms with Gasteiger partial charge in [-0.15, -0.1) is 0 Å². The molecule has 2 unspecified atom stereocenters. The topological polar surface area (TPSA) is 85.3 Å². The van der Waals surface area contributed by atoms with Crippen molar-refractivity contribution in [1.82, 2.24) is 4.98 Å². The second-order valence-electron chi connectivity index (χ2n) is 4.74. The molecule has 1 aliphatic heterocycles. The maximum Gasteiger partial charge on any atom is 0.310 e. The third-order valence-electron chi connectivity index (χ3n) is 3.44. The lowest BCUT2D eigenvalue weighted by Crippen LogP contribution is -2.49. The predicted octanol–water partition coefficient (Wildman–Crippen LogP) is 1.70. The standard InChI is InChI=1S/C12H18N4O2/c1-9(13)10-4-2-3-7-15(10)11-5-6-14-8-12(11)16(17)18/h5-6,8-10H,2-4,7,13H2,1H3. The van der Waals surface area contributed by atoms with Gasteiger partial charge >= 0.3 is 5.69 Å². The highest BCUT2D eigenvalue weighted by atomic mass is 16.6. The van der Waals surface area contributed by atoms with E-state index in [4.69, 9.17) is 5.73 Å². The number of nitro groups is 1. The van der Waals surface area contributed by atoms with Crippen LogP contribution in [0.15, 0.2) is 18.5 Å². The number of piperidine rings is 1. The quantitative estimate of drug-likeness (QED) is 0.651. The Balaban J connectivity index is 2.36. The van der Waals surface area contributed by atoms with E-state index in [1.807, 2.05) is 6.92 Å². The van der Waals surface area contributed by atoms with Crippen LogP contribution in [-0.2, 0) is 0 Å². The van der Waals surface area contributed by atoms with Crippen molar-refractivity contribution in [3.05, 3.63) is 28.6 Å². The molecule has 1 aliphatic rings. The average Bonchev–Trinajstić information content (AvgIpc) is 2.38. The van der Waals surface area contributed by atoms with Gasteiger partial charge in [0.1, 0.15) is 11.9 Å². The Labute approximate surface area is 106 Å². The molecular weight excluding hydrogens is 232 g/mol. The first kappa shape index (κ1) is 12.8. The summed E-state index contributed by atoms with van der Waals surface area (Å²) in [4.78, 5) is 16.6. The fourth-order valence-electron chi connectivity index (χ4n) is 2.57. The summed E-state index contributed by atoms with van der Waals surface area (Å²) in [6.07, 6.45) is 6.05. The summed E-state index contributed by atoms with van der Waals surface area (Å²) in [5.74, 6) is 0. The van der Waals surface area contributed by atoms with Crippen molar-refractivity contribution >= 4 is 11.4 Å². The Kier molecular flexibility index (Phi) is 3.76. The van der Waals surface area contributed by atoms with Crippen molar-refractivity contribution in [3.8, 4) is 0 Å². The smallest absolute Gasteiger partial charge is 0.310 e. The summed E-state index contributed by atoms with van der Waals surface area (Å²) >= 11 is 0. The molecule has 2 heterocycles. The van der Waals surface area contributed by atoms with Crippen molar-refractivity contribution in [2.75, 3.05) is 11.4 Å². The van der Waals surface area contributed by atoms with Gasteiger partial charge in [-0.3, -0.25) is 15.1 Å². The number of nitrogens with two attached hydrogens (primary N) is 1. The third-order valence-corrected chi connectivity index (χ3v) is 3.44. The van der Waals surface area contributed by atoms with E-state index in [-0.39, 0.29) is 22.7 Å². The number of hydrogen-bond acceptors (Lipinski definition) is 5. The normalized spacial score (nSPS) is 21.7. The van der Waals surface area contributed by atoms with Gasteiger partial charge in [-0.25, -0.2) is 0 Å². The highest BCUT2D eigenvalue weighted by Crippen LogP contribution is 2.32. The van der Waals surface area contributed by atoms with Gasteiger partial charge in [-0.05, 0) is 32.3 Å². The van der Waals surface area contributed by atoms with Crippen LogP contribution in [0.5, 0.6) is 0 Å². The van der Waals surface area contributed by atoms with Crippen LogP contribution in [0, 0.1) is 10.1 Å². The van der Waals surface area contributed by atoms with Crippen LogP contribution in [0.3, 0.4) is 0 Å². The zero-order valence-electron chi connectivity index (χ0n) is 10.5. The summed E-state index contributed by atoms with van der Waals surface area (Å²) in [6.45, 7) is 2.77. The van der Waals surface area contributed by atoms with Gasteiger partial charge < -0.3 is 10.6 Å². The molecule has 1 fully saturated rings. The molecule has 1 saturated heterocycles. The molecule has 0 bridgehead atoms. The lowest BCUT2D eigenvalue weighted by Gasteiger charge is -2.39. The van der Waals surface area contributed by atoms with Crippen molar-refractivity contribution in [1.29, 1.82) is 0 Å². The Bertz CT molecular complexity index is 436. The van der Waals surface area contributed by atoms with Gasteiger partial charge in [-0.2, -0.15) is 0 Å². The van der Waals surface area contributed by atoms with E-state index in [9.17, 15) is 10.1 Å². The maximum absolute atomic E-state index is 11.0. The molecule has 0 aromatic carbocycles. The molecule has 0 amide bonds. The van der Waals surface area contributed by atoms with Crippen LogP contribution < -0.4 is 10.6 Å². The van der Waals surface area contributed by atoms with E-state index in [1.54, 1.807) is 12.3 Å². The average molecular weight is 250 g/mol. The molecule has 0 spiro atoms. The predicted molar refractivity (Wildman–Crippen MR) is 69.5 cm³/mol. The summed E-state index contributed by atoms with van der Waals surface area (Å²) in [7, 11) is 0. The van der Waals surface area contributed by atoms with Crippen LogP contribution in [0.2, 0.25) is 0 Å². The second-order valence-corrected chi connectivity index (χ2v) is 4.74. The van der Waals surface area contributed by atoms with E-state index in [2.05, 4.69) is 9.88 Å². The number of nitrogens with zero attached hydrogens (tertiary/aromatic N) is 3. The molecule has 1 aromatic rings. The SMILES string of the molecule is CC(N)C1CCCCN1c1ccncc1[N+](=O)[O-]. The van der Waals surface area contributed by atoms with Gasteiger partial charge in [0.05, 0.1) is 4.92 Å². The van der Waals surface area contributed by atoms with Crippen LogP contribution in [-0.4, -0.2) is 28.5 Å². The minimum atomic E-state index is -0.380. The Morgan fingerprint density at radius 3 is 3.06 bits per heavy atom. The number of rotatable bonds is 3. The van der Waals surface area contributed by atoms with E-state index in [0.29, 0.717) is 5.69 Å². The Hall–Kier alpha value is -1.69. The summed E-state index contributed by atoms with van der Waals surface area (Å²) in [5.41, 5.74) is 6.69. The molecule has 6 nitrogen and oxygen atoms in total. The van der Waals surface area contributed by atoms with Gasteiger partial charge in [-0.1, -0.05) is 0 Å². The molecule has 98 valence electrons. The first-order valence-electron chi connectivity index (χ1n) is 6.22. The molecule has 2 atom stereocenters. The highest BCUT2D eigenvalue weighted by molar-refractivity contribution is 5.62. The van der Waals surface area contributed by atoms with Gasteiger partial charge in [0.15, 0.2) is 0 Å². The van der Waals surface area contributed by atoms with E-state index < -0.39 is 0 Å². The summed E-state index contributed by atoms with van der Waals surface area (Å²) < 4.78 is 0. The van der Waals surface area contributed by atoms with Crippen LogP contribution >= 0.6 is 0 Å². The molecule has 1 aromatic heterocycles. The summed E-state index contributed by atoms with van der Waals surface area (Å²) in [5, 5.41) is 11.0. The molecule has 2 N–H and O–H groups in total. The van der Waals surface area contributed by atoms with Crippen molar-refractivity contribution < 1.29 is 4.92 Å². The zero-order chi connectivity index (χ0) is 13.1. The number of anilines is 1. The zero-order valence-corrected chi connectivity index (χ0v) is 10.5. The molecule has 18 heavy (non-hydrogen) atoms. The third kappa shape index (κ3) is 2.43. The fraction of sp³-hybridized carbons (Fsp3) is 0.583. The fourth-order valence-corrected chi connectivity index (χ4v) is 2.57.